The molecule has 1 nitrogen and oxygen atoms in total. The zero-order valence-corrected chi connectivity index (χ0v) is 13.8. The minimum absolute atomic E-state index is 0.152. The normalized spacial score (nSPS) is 12.4. The Hall–Kier alpha value is -0.440. The molecular weight excluding hydrogens is 336 g/mol. The van der Waals surface area contributed by atoms with Crippen LogP contribution in [0.2, 0.25) is 20.1 Å². The highest BCUT2D eigenvalue weighted by Crippen LogP contribution is 2.26. The van der Waals surface area contributed by atoms with Gasteiger partial charge in [0.1, 0.15) is 0 Å². The van der Waals surface area contributed by atoms with Crippen molar-refractivity contribution in [2.45, 2.75) is 19.5 Å². The van der Waals surface area contributed by atoms with Gasteiger partial charge in [0, 0.05) is 12.6 Å². The highest BCUT2D eigenvalue weighted by Gasteiger charge is 2.08. The molecule has 2 aromatic rings. The monoisotopic (exact) mass is 347 g/mol. The molecule has 0 bridgehead atoms. The van der Waals surface area contributed by atoms with Crippen LogP contribution in [0.4, 0.5) is 0 Å². The maximum absolute atomic E-state index is 6.02. The van der Waals surface area contributed by atoms with E-state index in [1.54, 1.807) is 12.1 Å². The minimum atomic E-state index is 0.152. The first-order valence-corrected chi connectivity index (χ1v) is 7.61. The molecule has 1 atom stereocenters. The van der Waals surface area contributed by atoms with Gasteiger partial charge < -0.3 is 5.32 Å². The SMILES string of the molecule is CC(NCc1ccc(Cl)c(Cl)c1)c1ccc(Cl)c(Cl)c1. The van der Waals surface area contributed by atoms with Crippen molar-refractivity contribution in [1.29, 1.82) is 0 Å². The molecule has 0 saturated heterocycles. The van der Waals surface area contributed by atoms with Crippen molar-refractivity contribution in [1.82, 2.24) is 5.32 Å². The fraction of sp³-hybridized carbons (Fsp3) is 0.200. The van der Waals surface area contributed by atoms with Gasteiger partial charge in [-0.1, -0.05) is 58.5 Å². The Morgan fingerprint density at radius 2 is 1.45 bits per heavy atom. The molecule has 0 aliphatic rings. The lowest BCUT2D eigenvalue weighted by Gasteiger charge is -2.15. The van der Waals surface area contributed by atoms with Gasteiger partial charge in [-0.05, 0) is 42.3 Å². The second-order valence-electron chi connectivity index (χ2n) is 4.52. The van der Waals surface area contributed by atoms with E-state index in [1.807, 2.05) is 24.3 Å². The van der Waals surface area contributed by atoms with Crippen LogP contribution in [0.1, 0.15) is 24.1 Å². The topological polar surface area (TPSA) is 12.0 Å². The third-order valence-corrected chi connectivity index (χ3v) is 4.52. The van der Waals surface area contributed by atoms with Crippen molar-refractivity contribution in [3.05, 3.63) is 67.6 Å². The Morgan fingerprint density at radius 1 is 0.850 bits per heavy atom. The fourth-order valence-corrected chi connectivity index (χ4v) is 2.45. The first-order valence-electron chi connectivity index (χ1n) is 6.09. The zero-order valence-electron chi connectivity index (χ0n) is 10.8. The molecular formula is C15H13Cl4N. The molecule has 5 heteroatoms. The van der Waals surface area contributed by atoms with Gasteiger partial charge in [0.15, 0.2) is 0 Å². The summed E-state index contributed by atoms with van der Waals surface area (Å²) in [4.78, 5) is 0. The molecule has 0 saturated carbocycles. The van der Waals surface area contributed by atoms with E-state index in [0.29, 0.717) is 26.6 Å². The predicted molar refractivity (Wildman–Crippen MR) is 88.2 cm³/mol. The van der Waals surface area contributed by atoms with Crippen LogP contribution in [0.5, 0.6) is 0 Å². The number of benzene rings is 2. The molecule has 0 aromatic heterocycles. The van der Waals surface area contributed by atoms with Crippen LogP contribution in [0.25, 0.3) is 0 Å². The van der Waals surface area contributed by atoms with Gasteiger partial charge in [-0.3, -0.25) is 0 Å². The van der Waals surface area contributed by atoms with Crippen LogP contribution in [-0.4, -0.2) is 0 Å². The van der Waals surface area contributed by atoms with Gasteiger partial charge in [-0.25, -0.2) is 0 Å². The van der Waals surface area contributed by atoms with Crippen molar-refractivity contribution in [3.63, 3.8) is 0 Å². The van der Waals surface area contributed by atoms with Gasteiger partial charge in [-0.2, -0.15) is 0 Å². The van der Waals surface area contributed by atoms with Crippen molar-refractivity contribution in [2.24, 2.45) is 0 Å². The van der Waals surface area contributed by atoms with Crippen molar-refractivity contribution in [2.75, 3.05) is 0 Å². The van der Waals surface area contributed by atoms with Gasteiger partial charge in [0.2, 0.25) is 0 Å². The van der Waals surface area contributed by atoms with E-state index >= 15 is 0 Å². The van der Waals surface area contributed by atoms with Crippen LogP contribution < -0.4 is 5.32 Å². The Labute approximate surface area is 138 Å². The van der Waals surface area contributed by atoms with Crippen LogP contribution in [0.15, 0.2) is 36.4 Å². The summed E-state index contributed by atoms with van der Waals surface area (Å²) >= 11 is 23.8. The lowest BCUT2D eigenvalue weighted by atomic mass is 10.1. The summed E-state index contributed by atoms with van der Waals surface area (Å²) in [5, 5.41) is 5.66. The maximum Gasteiger partial charge on any atom is 0.0595 e. The van der Waals surface area contributed by atoms with E-state index in [4.69, 9.17) is 46.4 Å². The van der Waals surface area contributed by atoms with Crippen molar-refractivity contribution >= 4 is 46.4 Å². The molecule has 0 heterocycles. The average Bonchev–Trinajstić information content (AvgIpc) is 2.43. The van der Waals surface area contributed by atoms with Crippen LogP contribution in [-0.2, 0) is 6.54 Å². The second kappa shape index (κ2) is 7.02. The van der Waals surface area contributed by atoms with Crippen molar-refractivity contribution in [3.8, 4) is 0 Å². The third-order valence-electron chi connectivity index (χ3n) is 3.04. The second-order valence-corrected chi connectivity index (χ2v) is 6.15. The van der Waals surface area contributed by atoms with E-state index in [2.05, 4.69) is 12.2 Å². The Kier molecular flexibility index (Phi) is 5.59. The maximum atomic E-state index is 6.02. The van der Waals surface area contributed by atoms with Gasteiger partial charge in [0.25, 0.3) is 0 Å². The number of rotatable bonds is 4. The fourth-order valence-electron chi connectivity index (χ4n) is 1.82. The molecule has 0 amide bonds. The molecule has 0 aliphatic heterocycles. The Balaban J connectivity index is 2.02. The van der Waals surface area contributed by atoms with E-state index in [9.17, 15) is 0 Å². The minimum Gasteiger partial charge on any atom is -0.306 e. The molecule has 2 rings (SSSR count). The van der Waals surface area contributed by atoms with E-state index in [1.165, 1.54) is 0 Å². The number of nitrogens with one attached hydrogen (secondary N) is 1. The third kappa shape index (κ3) is 4.03. The van der Waals surface area contributed by atoms with Gasteiger partial charge in [0.05, 0.1) is 20.1 Å². The predicted octanol–water partition coefficient (Wildman–Crippen LogP) is 6.15. The van der Waals surface area contributed by atoms with Crippen molar-refractivity contribution < 1.29 is 0 Å². The molecule has 0 radical (unpaired) electrons. The van der Waals surface area contributed by atoms with Crippen LogP contribution in [0, 0.1) is 0 Å². The standard InChI is InChI=1S/C15H13Cl4N/c1-9(11-3-5-13(17)15(19)7-11)20-8-10-2-4-12(16)14(18)6-10/h2-7,9,20H,8H2,1H3. The van der Waals surface area contributed by atoms with E-state index in [-0.39, 0.29) is 6.04 Å². The van der Waals surface area contributed by atoms with Gasteiger partial charge in [-0.15, -0.1) is 0 Å². The first-order chi connectivity index (χ1) is 9.47. The molecule has 0 fully saturated rings. The molecule has 0 spiro atoms. The highest BCUT2D eigenvalue weighted by atomic mass is 35.5. The highest BCUT2D eigenvalue weighted by molar-refractivity contribution is 6.42. The summed E-state index contributed by atoms with van der Waals surface area (Å²) in [6, 6.07) is 11.4. The molecule has 106 valence electrons. The average molecular weight is 349 g/mol. The molecule has 1 unspecified atom stereocenters. The van der Waals surface area contributed by atoms with Gasteiger partial charge >= 0.3 is 0 Å². The molecule has 0 aliphatic carbocycles. The zero-order chi connectivity index (χ0) is 14.7. The molecule has 2 aromatic carbocycles. The number of hydrogen-bond acceptors (Lipinski definition) is 1. The number of hydrogen-bond donors (Lipinski definition) is 1. The van der Waals surface area contributed by atoms with E-state index < -0.39 is 0 Å². The number of halogens is 4. The summed E-state index contributed by atoms with van der Waals surface area (Å²) in [6.07, 6.45) is 0. The summed E-state index contributed by atoms with van der Waals surface area (Å²) < 4.78 is 0. The lowest BCUT2D eigenvalue weighted by Crippen LogP contribution is -2.18. The first kappa shape index (κ1) is 15.9. The summed E-state index contributed by atoms with van der Waals surface area (Å²) in [6.45, 7) is 2.76. The van der Waals surface area contributed by atoms with Crippen LogP contribution >= 0.6 is 46.4 Å². The summed E-state index contributed by atoms with van der Waals surface area (Å²) in [5.41, 5.74) is 2.16. The smallest absolute Gasteiger partial charge is 0.0595 e. The summed E-state index contributed by atoms with van der Waals surface area (Å²) in [7, 11) is 0. The Morgan fingerprint density at radius 3 is 2.05 bits per heavy atom. The van der Waals surface area contributed by atoms with Crippen LogP contribution in [0.3, 0.4) is 0 Å². The Bertz CT molecular complexity index is 613. The largest absolute Gasteiger partial charge is 0.306 e. The lowest BCUT2D eigenvalue weighted by molar-refractivity contribution is 0.575. The quantitative estimate of drug-likeness (QED) is 0.698. The summed E-state index contributed by atoms with van der Waals surface area (Å²) in [5.74, 6) is 0. The molecule has 20 heavy (non-hydrogen) atoms. The van der Waals surface area contributed by atoms with E-state index in [0.717, 1.165) is 11.1 Å². The molecule has 1 N–H and O–H groups in total.